The van der Waals surface area contributed by atoms with Gasteiger partial charge in [0.2, 0.25) is 11.8 Å². The fourth-order valence-corrected chi connectivity index (χ4v) is 10.5. The van der Waals surface area contributed by atoms with E-state index in [9.17, 15) is 19.8 Å². The first-order valence-electron chi connectivity index (χ1n) is 17.2. The normalized spacial score (nSPS) is 40.3. The van der Waals surface area contributed by atoms with Crippen molar-refractivity contribution in [3.63, 3.8) is 0 Å². The van der Waals surface area contributed by atoms with Crippen molar-refractivity contribution >= 4 is 11.8 Å². The number of hydrogen-bond donors (Lipinski definition) is 3. The van der Waals surface area contributed by atoms with Crippen LogP contribution < -0.4 is 5.32 Å². The number of aliphatic hydroxyl groups is 2. The van der Waals surface area contributed by atoms with Crippen LogP contribution in [0, 0.1) is 40.4 Å². The lowest BCUT2D eigenvalue weighted by atomic mass is 9.44. The number of nitrogens with one attached hydrogen (secondary N) is 1. The van der Waals surface area contributed by atoms with Crippen LogP contribution in [0.25, 0.3) is 0 Å². The predicted molar refractivity (Wildman–Crippen MR) is 168 cm³/mol. The SMILES string of the molecule is CC(C)C(=O)N[C@@H](Cc1ccccc1)C(=O)N1CCN([C@H]2C[C@@]3(C)[C@@H](CC[C@@H]4[C@@H]3CC[C@]3(C)[C@@H](O)CC[C@@H]43)C[C@@H]2O)CC1. The molecule has 5 aliphatic rings. The van der Waals surface area contributed by atoms with Crippen LogP contribution in [-0.4, -0.2) is 82.3 Å². The summed E-state index contributed by atoms with van der Waals surface area (Å²) in [5.74, 6) is 2.30. The van der Waals surface area contributed by atoms with E-state index in [1.807, 2.05) is 49.1 Å². The Morgan fingerprint density at radius 1 is 0.930 bits per heavy atom. The van der Waals surface area contributed by atoms with Gasteiger partial charge in [-0.3, -0.25) is 14.5 Å². The molecular weight excluding hydrogens is 538 g/mol. The second-order valence-electron chi connectivity index (χ2n) is 15.6. The van der Waals surface area contributed by atoms with E-state index < -0.39 is 6.04 Å². The van der Waals surface area contributed by atoms with E-state index in [1.165, 1.54) is 25.7 Å². The fourth-order valence-electron chi connectivity index (χ4n) is 10.5. The molecule has 0 bridgehead atoms. The highest BCUT2D eigenvalue weighted by molar-refractivity contribution is 5.88. The average molecular weight is 594 g/mol. The minimum atomic E-state index is -0.575. The van der Waals surface area contributed by atoms with Crippen molar-refractivity contribution in [2.24, 2.45) is 40.4 Å². The van der Waals surface area contributed by atoms with Crippen LogP contribution in [0.4, 0.5) is 0 Å². The lowest BCUT2D eigenvalue weighted by molar-refractivity contribution is -0.157. The van der Waals surface area contributed by atoms with Gasteiger partial charge in [0.25, 0.3) is 0 Å². The second-order valence-corrected chi connectivity index (χ2v) is 15.6. The molecule has 1 aromatic carbocycles. The average Bonchev–Trinajstić information content (AvgIpc) is 3.31. The maximum atomic E-state index is 13.8. The maximum absolute atomic E-state index is 13.8. The third kappa shape index (κ3) is 5.68. The summed E-state index contributed by atoms with van der Waals surface area (Å²) in [6.45, 7) is 11.4. The van der Waals surface area contributed by atoms with Crippen molar-refractivity contribution in [1.82, 2.24) is 15.1 Å². The van der Waals surface area contributed by atoms with Gasteiger partial charge in [-0.1, -0.05) is 58.0 Å². The molecule has 1 aliphatic heterocycles. The van der Waals surface area contributed by atoms with Gasteiger partial charge < -0.3 is 20.4 Å². The Balaban J connectivity index is 1.12. The van der Waals surface area contributed by atoms with Gasteiger partial charge in [0.15, 0.2) is 0 Å². The highest BCUT2D eigenvalue weighted by Crippen LogP contribution is 2.66. The van der Waals surface area contributed by atoms with Gasteiger partial charge in [0.05, 0.1) is 12.2 Å². The molecule has 3 N–H and O–H groups in total. The molecule has 4 saturated carbocycles. The minimum absolute atomic E-state index is 0.00662. The quantitative estimate of drug-likeness (QED) is 0.459. The van der Waals surface area contributed by atoms with Crippen LogP contribution in [0.2, 0.25) is 0 Å². The monoisotopic (exact) mass is 593 g/mol. The standard InChI is InChI=1S/C36H55N3O4/c1-23(2)33(42)37-29(20-24-8-6-5-7-9-24)34(43)39-18-16-38(17-19-39)30-22-36(4)25(21-31(30)40)10-11-26-27-12-13-32(41)35(27,3)15-14-28(26)36/h5-9,23,25-32,40-41H,10-22H2,1-4H3,(H,37,42)/t25-,26-,27-,28-,29-,30-,31-,32-,35-,36-/m0/s1. The molecule has 7 nitrogen and oxygen atoms in total. The number of nitrogens with zero attached hydrogens (tertiary/aromatic N) is 2. The molecule has 0 spiro atoms. The van der Waals surface area contributed by atoms with Crippen LogP contribution in [0.5, 0.6) is 0 Å². The first-order chi connectivity index (χ1) is 20.5. The van der Waals surface area contributed by atoms with Crippen molar-refractivity contribution in [2.45, 2.75) is 110 Å². The number of carbonyl (C=O) groups excluding carboxylic acids is 2. The lowest BCUT2D eigenvalue weighted by Crippen LogP contribution is -2.63. The van der Waals surface area contributed by atoms with Crippen LogP contribution >= 0.6 is 0 Å². The van der Waals surface area contributed by atoms with Crippen molar-refractivity contribution < 1.29 is 19.8 Å². The van der Waals surface area contributed by atoms with Gasteiger partial charge in [-0.15, -0.1) is 0 Å². The number of piperazine rings is 1. The zero-order chi connectivity index (χ0) is 30.5. The summed E-state index contributed by atoms with van der Waals surface area (Å²) >= 11 is 0. The number of carbonyl (C=O) groups is 2. The largest absolute Gasteiger partial charge is 0.393 e. The number of hydrogen-bond acceptors (Lipinski definition) is 5. The molecule has 2 amide bonds. The third-order valence-electron chi connectivity index (χ3n) is 13.2. The van der Waals surface area contributed by atoms with E-state index >= 15 is 0 Å². The van der Waals surface area contributed by atoms with Gasteiger partial charge in [-0.25, -0.2) is 0 Å². The van der Waals surface area contributed by atoms with Gasteiger partial charge in [0, 0.05) is 44.6 Å². The van der Waals surface area contributed by atoms with E-state index in [0.717, 1.165) is 44.3 Å². The number of aliphatic hydroxyl groups excluding tert-OH is 2. The van der Waals surface area contributed by atoms with Crippen LogP contribution in [0.15, 0.2) is 30.3 Å². The summed E-state index contributed by atoms with van der Waals surface area (Å²) in [5, 5.41) is 25.4. The molecule has 1 heterocycles. The molecule has 43 heavy (non-hydrogen) atoms. The molecular formula is C36H55N3O4. The molecule has 238 valence electrons. The maximum Gasteiger partial charge on any atom is 0.245 e. The first-order valence-corrected chi connectivity index (χ1v) is 17.2. The topological polar surface area (TPSA) is 93.1 Å². The number of amides is 2. The lowest BCUT2D eigenvalue weighted by Gasteiger charge is -2.62. The van der Waals surface area contributed by atoms with E-state index in [2.05, 4.69) is 24.1 Å². The zero-order valence-corrected chi connectivity index (χ0v) is 26.9. The van der Waals surface area contributed by atoms with Crippen molar-refractivity contribution in [3.8, 4) is 0 Å². The number of benzene rings is 1. The van der Waals surface area contributed by atoms with E-state index in [1.54, 1.807) is 0 Å². The fraction of sp³-hybridized carbons (Fsp3) is 0.778. The highest BCUT2D eigenvalue weighted by Gasteiger charge is 2.61. The van der Waals surface area contributed by atoms with Gasteiger partial charge in [0.1, 0.15) is 6.04 Å². The minimum Gasteiger partial charge on any atom is -0.393 e. The Morgan fingerprint density at radius 3 is 2.33 bits per heavy atom. The molecule has 7 heteroatoms. The molecule has 1 aromatic rings. The Labute approximate surface area is 258 Å². The Bertz CT molecular complexity index is 1150. The Hall–Kier alpha value is -1.96. The van der Waals surface area contributed by atoms with Gasteiger partial charge >= 0.3 is 0 Å². The second kappa shape index (κ2) is 12.1. The Kier molecular flexibility index (Phi) is 8.73. The Morgan fingerprint density at radius 2 is 1.63 bits per heavy atom. The zero-order valence-electron chi connectivity index (χ0n) is 26.9. The summed E-state index contributed by atoms with van der Waals surface area (Å²) in [6.07, 6.45) is 8.86. The predicted octanol–water partition coefficient (Wildman–Crippen LogP) is 4.26. The first kappa shape index (κ1) is 31.0. The van der Waals surface area contributed by atoms with Crippen LogP contribution in [0.3, 0.4) is 0 Å². The number of fused-ring (bicyclic) bond motifs is 5. The number of rotatable bonds is 6. The molecule has 4 aliphatic carbocycles. The third-order valence-corrected chi connectivity index (χ3v) is 13.2. The van der Waals surface area contributed by atoms with Crippen LogP contribution in [-0.2, 0) is 16.0 Å². The summed E-state index contributed by atoms with van der Waals surface area (Å²) in [4.78, 5) is 30.8. The van der Waals surface area contributed by atoms with E-state index in [4.69, 9.17) is 0 Å². The van der Waals surface area contributed by atoms with Gasteiger partial charge in [-0.2, -0.15) is 0 Å². The summed E-state index contributed by atoms with van der Waals surface area (Å²) in [6, 6.07) is 9.47. The highest BCUT2D eigenvalue weighted by atomic mass is 16.3. The van der Waals surface area contributed by atoms with E-state index in [-0.39, 0.29) is 46.8 Å². The molecule has 6 rings (SSSR count). The van der Waals surface area contributed by atoms with Crippen molar-refractivity contribution in [3.05, 3.63) is 35.9 Å². The molecule has 5 fully saturated rings. The molecule has 1 saturated heterocycles. The summed E-state index contributed by atoms with van der Waals surface area (Å²) < 4.78 is 0. The molecule has 0 aromatic heterocycles. The van der Waals surface area contributed by atoms with Crippen LogP contribution in [0.1, 0.15) is 84.6 Å². The van der Waals surface area contributed by atoms with Crippen molar-refractivity contribution in [1.29, 1.82) is 0 Å². The molecule has 0 unspecified atom stereocenters. The molecule has 0 radical (unpaired) electrons. The van der Waals surface area contributed by atoms with Gasteiger partial charge in [-0.05, 0) is 91.4 Å². The smallest absolute Gasteiger partial charge is 0.245 e. The molecule has 10 atom stereocenters. The summed E-state index contributed by atoms with van der Waals surface area (Å²) in [5.41, 5.74) is 1.35. The summed E-state index contributed by atoms with van der Waals surface area (Å²) in [7, 11) is 0. The van der Waals surface area contributed by atoms with E-state index in [0.29, 0.717) is 43.2 Å². The van der Waals surface area contributed by atoms with Crippen molar-refractivity contribution in [2.75, 3.05) is 26.2 Å².